The van der Waals surface area contributed by atoms with Gasteiger partial charge in [-0.2, -0.15) is 0 Å². The zero-order valence-electron chi connectivity index (χ0n) is 10.2. The summed E-state index contributed by atoms with van der Waals surface area (Å²) >= 11 is 0. The van der Waals surface area contributed by atoms with Crippen molar-refractivity contribution in [2.75, 3.05) is 20.1 Å². The number of hydrogen-bond acceptors (Lipinski definition) is 3. The van der Waals surface area contributed by atoms with E-state index in [1.54, 1.807) is 12.4 Å². The van der Waals surface area contributed by atoms with E-state index >= 15 is 0 Å². The van der Waals surface area contributed by atoms with E-state index < -0.39 is 0 Å². The molecule has 1 fully saturated rings. The van der Waals surface area contributed by atoms with Gasteiger partial charge in [0.05, 0.1) is 5.56 Å². The number of rotatable bonds is 3. The molecule has 4 nitrogen and oxygen atoms in total. The standard InChI is InChI=1S/C13H19N3O/c1-14-10-12-6-2-3-8-16(12)13(17)11-5-4-7-15-9-11/h4-5,7,9,12,14H,2-3,6,8,10H2,1H3. The number of amides is 1. The topological polar surface area (TPSA) is 45.2 Å². The van der Waals surface area contributed by atoms with E-state index in [1.807, 2.05) is 24.1 Å². The molecule has 0 bridgehead atoms. The number of hydrogen-bond donors (Lipinski definition) is 1. The number of pyridine rings is 1. The molecule has 4 heteroatoms. The van der Waals surface area contributed by atoms with Gasteiger partial charge in [0.2, 0.25) is 0 Å². The maximum absolute atomic E-state index is 12.3. The molecular formula is C13H19N3O. The van der Waals surface area contributed by atoms with Crippen molar-refractivity contribution < 1.29 is 4.79 Å². The van der Waals surface area contributed by atoms with Crippen LogP contribution in [-0.4, -0.2) is 42.0 Å². The van der Waals surface area contributed by atoms with Crippen molar-refractivity contribution in [3.05, 3.63) is 30.1 Å². The fraction of sp³-hybridized carbons (Fsp3) is 0.538. The highest BCUT2D eigenvalue weighted by Gasteiger charge is 2.26. The summed E-state index contributed by atoms with van der Waals surface area (Å²) in [5.41, 5.74) is 0.690. The van der Waals surface area contributed by atoms with Crippen molar-refractivity contribution >= 4 is 5.91 Å². The first-order chi connectivity index (χ1) is 8.33. The minimum Gasteiger partial charge on any atom is -0.334 e. The molecule has 1 aromatic rings. The summed E-state index contributed by atoms with van der Waals surface area (Å²) in [6.45, 7) is 1.73. The molecule has 1 aliphatic rings. The van der Waals surface area contributed by atoms with Gasteiger partial charge < -0.3 is 10.2 Å². The van der Waals surface area contributed by atoms with E-state index in [2.05, 4.69) is 10.3 Å². The van der Waals surface area contributed by atoms with Gasteiger partial charge >= 0.3 is 0 Å². The number of carbonyl (C=O) groups excluding carboxylic acids is 1. The Morgan fingerprint density at radius 2 is 2.47 bits per heavy atom. The summed E-state index contributed by atoms with van der Waals surface area (Å²) < 4.78 is 0. The highest BCUT2D eigenvalue weighted by Crippen LogP contribution is 2.18. The number of likely N-dealkylation sites (N-methyl/N-ethyl adjacent to an activating group) is 1. The zero-order valence-corrected chi connectivity index (χ0v) is 10.2. The summed E-state index contributed by atoms with van der Waals surface area (Å²) in [7, 11) is 1.93. The van der Waals surface area contributed by atoms with Crippen LogP contribution in [0.3, 0.4) is 0 Å². The van der Waals surface area contributed by atoms with Crippen LogP contribution in [0.5, 0.6) is 0 Å². The van der Waals surface area contributed by atoms with E-state index in [0.717, 1.165) is 25.9 Å². The van der Waals surface area contributed by atoms with Crippen LogP contribution in [0.1, 0.15) is 29.6 Å². The third kappa shape index (κ3) is 2.82. The van der Waals surface area contributed by atoms with Crippen molar-refractivity contribution in [1.29, 1.82) is 0 Å². The molecule has 0 radical (unpaired) electrons. The molecule has 0 aliphatic carbocycles. The molecular weight excluding hydrogens is 214 g/mol. The minimum atomic E-state index is 0.109. The highest BCUT2D eigenvalue weighted by atomic mass is 16.2. The number of piperidine rings is 1. The molecule has 0 saturated carbocycles. The maximum atomic E-state index is 12.3. The monoisotopic (exact) mass is 233 g/mol. The molecule has 92 valence electrons. The molecule has 1 N–H and O–H groups in total. The van der Waals surface area contributed by atoms with E-state index in [-0.39, 0.29) is 5.91 Å². The molecule has 1 aromatic heterocycles. The molecule has 1 saturated heterocycles. The lowest BCUT2D eigenvalue weighted by Crippen LogP contribution is -2.48. The molecule has 1 amide bonds. The number of carbonyl (C=O) groups is 1. The molecule has 1 aliphatic heterocycles. The first kappa shape index (κ1) is 12.0. The predicted octanol–water partition coefficient (Wildman–Crippen LogP) is 1.30. The van der Waals surface area contributed by atoms with Crippen molar-refractivity contribution in [1.82, 2.24) is 15.2 Å². The van der Waals surface area contributed by atoms with Gasteiger partial charge in [-0.05, 0) is 38.4 Å². The second-order valence-corrected chi connectivity index (χ2v) is 4.45. The molecule has 0 aromatic carbocycles. The Bertz CT molecular complexity index is 364. The normalized spacial score (nSPS) is 20.3. The van der Waals surface area contributed by atoms with Gasteiger partial charge in [-0.15, -0.1) is 0 Å². The van der Waals surface area contributed by atoms with Gasteiger partial charge in [-0.25, -0.2) is 0 Å². The number of aromatic nitrogens is 1. The number of nitrogens with zero attached hydrogens (tertiary/aromatic N) is 2. The number of nitrogens with one attached hydrogen (secondary N) is 1. The molecule has 2 heterocycles. The van der Waals surface area contributed by atoms with Crippen LogP contribution < -0.4 is 5.32 Å². The third-order valence-electron chi connectivity index (χ3n) is 3.24. The van der Waals surface area contributed by atoms with Gasteiger partial charge in [0.1, 0.15) is 0 Å². The lowest BCUT2D eigenvalue weighted by atomic mass is 10.0. The van der Waals surface area contributed by atoms with Crippen LogP contribution in [0.2, 0.25) is 0 Å². The van der Waals surface area contributed by atoms with E-state index in [1.165, 1.54) is 6.42 Å². The Labute approximate surface area is 102 Å². The Morgan fingerprint density at radius 1 is 1.59 bits per heavy atom. The average molecular weight is 233 g/mol. The molecule has 1 atom stereocenters. The number of likely N-dealkylation sites (tertiary alicyclic amines) is 1. The fourth-order valence-electron chi connectivity index (χ4n) is 2.37. The smallest absolute Gasteiger partial charge is 0.255 e. The van der Waals surface area contributed by atoms with Crippen molar-refractivity contribution in [2.24, 2.45) is 0 Å². The second-order valence-electron chi connectivity index (χ2n) is 4.45. The Balaban J connectivity index is 2.11. The van der Waals surface area contributed by atoms with Gasteiger partial charge in [0, 0.05) is 31.5 Å². The third-order valence-corrected chi connectivity index (χ3v) is 3.24. The van der Waals surface area contributed by atoms with Crippen LogP contribution in [-0.2, 0) is 0 Å². The van der Waals surface area contributed by atoms with E-state index in [0.29, 0.717) is 11.6 Å². The first-order valence-corrected chi connectivity index (χ1v) is 6.18. The van der Waals surface area contributed by atoms with Gasteiger partial charge in [-0.3, -0.25) is 9.78 Å². The van der Waals surface area contributed by atoms with Gasteiger partial charge in [0.15, 0.2) is 0 Å². The molecule has 0 spiro atoms. The summed E-state index contributed by atoms with van der Waals surface area (Å²) in [6.07, 6.45) is 6.74. The summed E-state index contributed by atoms with van der Waals surface area (Å²) in [4.78, 5) is 18.3. The molecule has 17 heavy (non-hydrogen) atoms. The predicted molar refractivity (Wildman–Crippen MR) is 66.8 cm³/mol. The van der Waals surface area contributed by atoms with Crippen LogP contribution in [0, 0.1) is 0 Å². The van der Waals surface area contributed by atoms with Crippen molar-refractivity contribution in [3.63, 3.8) is 0 Å². The SMILES string of the molecule is CNCC1CCCCN1C(=O)c1cccnc1. The Morgan fingerprint density at radius 3 is 3.18 bits per heavy atom. The van der Waals surface area contributed by atoms with Gasteiger partial charge in [-0.1, -0.05) is 0 Å². The lowest BCUT2D eigenvalue weighted by Gasteiger charge is -2.35. The zero-order chi connectivity index (χ0) is 12.1. The van der Waals surface area contributed by atoms with Crippen molar-refractivity contribution in [2.45, 2.75) is 25.3 Å². The average Bonchev–Trinajstić information content (AvgIpc) is 2.40. The highest BCUT2D eigenvalue weighted by molar-refractivity contribution is 5.94. The summed E-state index contributed by atoms with van der Waals surface area (Å²) in [5.74, 6) is 0.109. The second kappa shape index (κ2) is 5.77. The molecule has 1 unspecified atom stereocenters. The molecule has 2 rings (SSSR count). The largest absolute Gasteiger partial charge is 0.334 e. The van der Waals surface area contributed by atoms with E-state index in [4.69, 9.17) is 0 Å². The summed E-state index contributed by atoms with van der Waals surface area (Å²) in [6, 6.07) is 3.96. The van der Waals surface area contributed by atoms with Crippen LogP contribution in [0.25, 0.3) is 0 Å². The Hall–Kier alpha value is -1.42. The van der Waals surface area contributed by atoms with Gasteiger partial charge in [0.25, 0.3) is 5.91 Å². The summed E-state index contributed by atoms with van der Waals surface area (Å²) in [5, 5.41) is 3.16. The first-order valence-electron chi connectivity index (χ1n) is 6.18. The van der Waals surface area contributed by atoms with Crippen molar-refractivity contribution in [3.8, 4) is 0 Å². The lowest BCUT2D eigenvalue weighted by molar-refractivity contribution is 0.0614. The van der Waals surface area contributed by atoms with Crippen LogP contribution >= 0.6 is 0 Å². The maximum Gasteiger partial charge on any atom is 0.255 e. The van der Waals surface area contributed by atoms with E-state index in [9.17, 15) is 4.79 Å². The minimum absolute atomic E-state index is 0.109. The Kier molecular flexibility index (Phi) is 4.09. The van der Waals surface area contributed by atoms with Crippen LogP contribution in [0.4, 0.5) is 0 Å². The fourth-order valence-corrected chi connectivity index (χ4v) is 2.37. The quantitative estimate of drug-likeness (QED) is 0.855. The van der Waals surface area contributed by atoms with Crippen LogP contribution in [0.15, 0.2) is 24.5 Å².